The molecule has 16 heavy (non-hydrogen) atoms. The van der Waals surface area contributed by atoms with Gasteiger partial charge >= 0.3 is 0 Å². The zero-order chi connectivity index (χ0) is 12.2. The molecular weight excluding hydrogens is 208 g/mol. The van der Waals surface area contributed by atoms with Crippen LogP contribution in [0.3, 0.4) is 0 Å². The summed E-state index contributed by atoms with van der Waals surface area (Å²) in [4.78, 5) is 13.6. The second kappa shape index (κ2) is 5.61. The number of nitrogens with two attached hydrogens (primary N) is 1. The van der Waals surface area contributed by atoms with E-state index in [0.29, 0.717) is 39.0 Å². The number of hydrogen-bond acceptors (Lipinski definition) is 4. The van der Waals surface area contributed by atoms with Crippen LogP contribution in [0.5, 0.6) is 0 Å². The minimum Gasteiger partial charge on any atom is -0.390 e. The number of carbonyl (C=O) groups is 1. The number of piperidine rings is 1. The van der Waals surface area contributed by atoms with Crippen molar-refractivity contribution in [3.05, 3.63) is 0 Å². The van der Waals surface area contributed by atoms with Gasteiger partial charge in [0.2, 0.25) is 5.91 Å². The largest absolute Gasteiger partial charge is 0.390 e. The van der Waals surface area contributed by atoms with Gasteiger partial charge in [-0.05, 0) is 26.2 Å². The van der Waals surface area contributed by atoms with Crippen molar-refractivity contribution in [1.29, 1.82) is 0 Å². The first-order valence-electron chi connectivity index (χ1n) is 5.72. The molecule has 0 aromatic carbocycles. The zero-order valence-electron chi connectivity index (χ0n) is 10.1. The van der Waals surface area contributed by atoms with Crippen LogP contribution >= 0.6 is 0 Å². The Morgan fingerprint density at radius 2 is 2.12 bits per heavy atom. The number of nitrogens with zero attached hydrogens (tertiary/aromatic N) is 1. The molecule has 0 radical (unpaired) electrons. The van der Waals surface area contributed by atoms with Crippen molar-refractivity contribution in [2.75, 3.05) is 26.8 Å². The topological polar surface area (TPSA) is 75.8 Å². The van der Waals surface area contributed by atoms with Crippen LogP contribution < -0.4 is 5.73 Å². The van der Waals surface area contributed by atoms with Gasteiger partial charge in [-0.3, -0.25) is 4.79 Å². The monoisotopic (exact) mass is 230 g/mol. The number of rotatable bonds is 4. The van der Waals surface area contributed by atoms with Crippen molar-refractivity contribution in [2.24, 2.45) is 5.73 Å². The van der Waals surface area contributed by atoms with Gasteiger partial charge in [0.05, 0.1) is 11.6 Å². The van der Waals surface area contributed by atoms with Crippen LogP contribution in [-0.2, 0) is 9.53 Å². The fraction of sp³-hybridized carbons (Fsp3) is 0.909. The van der Waals surface area contributed by atoms with E-state index in [2.05, 4.69) is 0 Å². The summed E-state index contributed by atoms with van der Waals surface area (Å²) in [5.41, 5.74) is 5.14. The molecule has 1 amide bonds. The Morgan fingerprint density at radius 1 is 1.56 bits per heavy atom. The lowest BCUT2D eigenvalue weighted by Crippen LogP contribution is -2.50. The zero-order valence-corrected chi connectivity index (χ0v) is 10.1. The van der Waals surface area contributed by atoms with E-state index in [1.54, 1.807) is 18.9 Å². The maximum atomic E-state index is 11.9. The van der Waals surface area contributed by atoms with Crippen LogP contribution in [0, 0.1) is 0 Å². The summed E-state index contributed by atoms with van der Waals surface area (Å²) < 4.78 is 4.89. The van der Waals surface area contributed by atoms with Crippen LogP contribution in [0.4, 0.5) is 0 Å². The molecule has 1 aliphatic rings. The fourth-order valence-electron chi connectivity index (χ4n) is 1.81. The van der Waals surface area contributed by atoms with Crippen LogP contribution in [0.1, 0.15) is 26.2 Å². The minimum atomic E-state index is -0.632. The van der Waals surface area contributed by atoms with Gasteiger partial charge in [-0.1, -0.05) is 0 Å². The van der Waals surface area contributed by atoms with Crippen LogP contribution in [0.25, 0.3) is 0 Å². The number of carbonyl (C=O) groups excluding carboxylic acids is 1. The number of hydrogen-bond donors (Lipinski definition) is 2. The van der Waals surface area contributed by atoms with E-state index in [1.807, 2.05) is 0 Å². The van der Waals surface area contributed by atoms with Gasteiger partial charge in [0.15, 0.2) is 0 Å². The van der Waals surface area contributed by atoms with Gasteiger partial charge in [-0.15, -0.1) is 0 Å². The summed E-state index contributed by atoms with van der Waals surface area (Å²) in [6.07, 6.45) is 1.79. The molecule has 0 aliphatic carbocycles. The van der Waals surface area contributed by atoms with E-state index < -0.39 is 11.6 Å². The first-order valence-corrected chi connectivity index (χ1v) is 5.72. The molecule has 0 bridgehead atoms. The number of ether oxygens (including phenoxy) is 1. The van der Waals surface area contributed by atoms with Gasteiger partial charge in [-0.25, -0.2) is 0 Å². The highest BCUT2D eigenvalue weighted by Gasteiger charge is 2.31. The van der Waals surface area contributed by atoms with E-state index in [0.717, 1.165) is 0 Å². The standard InChI is InChI=1S/C11H22N2O3/c1-11(15)4-6-13(7-5-11)10(14)9(12)3-8-16-2/h9,15H,3-8,12H2,1-2H3. The molecule has 1 saturated heterocycles. The van der Waals surface area contributed by atoms with Crippen molar-refractivity contribution in [3.63, 3.8) is 0 Å². The quantitative estimate of drug-likeness (QED) is 0.696. The molecule has 1 aliphatic heterocycles. The molecule has 0 aromatic heterocycles. The van der Waals surface area contributed by atoms with Crippen molar-refractivity contribution in [3.8, 4) is 0 Å². The maximum Gasteiger partial charge on any atom is 0.239 e. The highest BCUT2D eigenvalue weighted by molar-refractivity contribution is 5.81. The Kier molecular flexibility index (Phi) is 4.70. The highest BCUT2D eigenvalue weighted by Crippen LogP contribution is 2.21. The summed E-state index contributed by atoms with van der Waals surface area (Å²) >= 11 is 0. The van der Waals surface area contributed by atoms with Crippen molar-refractivity contribution < 1.29 is 14.6 Å². The molecule has 94 valence electrons. The maximum absolute atomic E-state index is 11.9. The van der Waals surface area contributed by atoms with Crippen LogP contribution in [-0.4, -0.2) is 54.4 Å². The smallest absolute Gasteiger partial charge is 0.239 e. The van der Waals surface area contributed by atoms with Gasteiger partial charge in [0.25, 0.3) is 0 Å². The number of likely N-dealkylation sites (tertiary alicyclic amines) is 1. The molecular formula is C11H22N2O3. The Balaban J connectivity index is 2.38. The third-order valence-electron chi connectivity index (χ3n) is 3.10. The van der Waals surface area contributed by atoms with Gasteiger partial charge < -0.3 is 20.5 Å². The molecule has 1 heterocycles. The molecule has 5 nitrogen and oxygen atoms in total. The summed E-state index contributed by atoms with van der Waals surface area (Å²) in [6.45, 7) is 3.48. The highest BCUT2D eigenvalue weighted by atomic mass is 16.5. The average Bonchev–Trinajstić information content (AvgIpc) is 2.25. The predicted octanol–water partition coefficient (Wildman–Crippen LogP) is -0.276. The summed E-state index contributed by atoms with van der Waals surface area (Å²) in [7, 11) is 1.59. The van der Waals surface area contributed by atoms with Crippen LogP contribution in [0.2, 0.25) is 0 Å². The predicted molar refractivity (Wildman–Crippen MR) is 60.9 cm³/mol. The Hall–Kier alpha value is -0.650. The SMILES string of the molecule is COCCC(N)C(=O)N1CCC(C)(O)CC1. The fourth-order valence-corrected chi connectivity index (χ4v) is 1.81. The molecule has 3 N–H and O–H groups in total. The summed E-state index contributed by atoms with van der Waals surface area (Å²) in [5.74, 6) is -0.0347. The molecule has 1 rings (SSSR count). The third-order valence-corrected chi connectivity index (χ3v) is 3.10. The van der Waals surface area contributed by atoms with E-state index in [9.17, 15) is 9.90 Å². The lowest BCUT2D eigenvalue weighted by atomic mass is 9.93. The van der Waals surface area contributed by atoms with Crippen molar-refractivity contribution in [1.82, 2.24) is 4.90 Å². The Morgan fingerprint density at radius 3 is 2.62 bits per heavy atom. The molecule has 0 saturated carbocycles. The minimum absolute atomic E-state index is 0.0347. The molecule has 1 unspecified atom stereocenters. The Bertz CT molecular complexity index is 233. The first kappa shape index (κ1) is 13.4. The molecule has 0 spiro atoms. The number of amides is 1. The summed E-state index contributed by atoms with van der Waals surface area (Å²) in [5, 5.41) is 9.76. The molecule has 0 aromatic rings. The van der Waals surface area contributed by atoms with Gasteiger partial charge in [0, 0.05) is 26.8 Å². The number of methoxy groups -OCH3 is 1. The van der Waals surface area contributed by atoms with Crippen molar-refractivity contribution >= 4 is 5.91 Å². The van der Waals surface area contributed by atoms with E-state index in [4.69, 9.17) is 10.5 Å². The van der Waals surface area contributed by atoms with Crippen LogP contribution in [0.15, 0.2) is 0 Å². The van der Waals surface area contributed by atoms with E-state index in [-0.39, 0.29) is 5.91 Å². The van der Waals surface area contributed by atoms with Gasteiger partial charge in [0.1, 0.15) is 0 Å². The first-order chi connectivity index (χ1) is 7.46. The second-order valence-electron chi connectivity index (χ2n) is 4.71. The molecule has 1 atom stereocenters. The lowest BCUT2D eigenvalue weighted by molar-refractivity contribution is -0.136. The molecule has 5 heteroatoms. The normalized spacial score (nSPS) is 21.9. The third kappa shape index (κ3) is 3.73. The Labute approximate surface area is 96.6 Å². The van der Waals surface area contributed by atoms with E-state index in [1.165, 1.54) is 0 Å². The molecule has 1 fully saturated rings. The summed E-state index contributed by atoms with van der Waals surface area (Å²) in [6, 6.07) is -0.483. The van der Waals surface area contributed by atoms with E-state index >= 15 is 0 Å². The lowest BCUT2D eigenvalue weighted by Gasteiger charge is -2.36. The number of aliphatic hydroxyl groups is 1. The second-order valence-corrected chi connectivity index (χ2v) is 4.71. The van der Waals surface area contributed by atoms with Crippen molar-refractivity contribution in [2.45, 2.75) is 37.8 Å². The van der Waals surface area contributed by atoms with Gasteiger partial charge in [-0.2, -0.15) is 0 Å². The average molecular weight is 230 g/mol.